The Balaban J connectivity index is 1.97. The first-order valence-electron chi connectivity index (χ1n) is 5.61. The molecule has 2 rings (SSSR count). The second kappa shape index (κ2) is 4.91. The Labute approximate surface area is 100 Å². The van der Waals surface area contributed by atoms with Crippen LogP contribution in [0.1, 0.15) is 25.6 Å². The van der Waals surface area contributed by atoms with Gasteiger partial charge in [0, 0.05) is 18.3 Å². The molecule has 90 valence electrons. The molecular weight excluding hydrogens is 216 g/mol. The quantitative estimate of drug-likeness (QED) is 0.881. The fourth-order valence-electron chi connectivity index (χ4n) is 1.47. The molecule has 2 aromatic rings. The minimum atomic E-state index is 0.204. The fourth-order valence-corrected chi connectivity index (χ4v) is 1.47. The summed E-state index contributed by atoms with van der Waals surface area (Å²) in [5.41, 5.74) is 0.877. The van der Waals surface area contributed by atoms with Crippen molar-refractivity contribution < 1.29 is 9.84 Å². The number of phenolic OH excluding ortho intramolecular Hbond substituents is 1. The first-order chi connectivity index (χ1) is 8.15. The molecule has 1 aromatic heterocycles. The monoisotopic (exact) mass is 232 g/mol. The zero-order chi connectivity index (χ0) is 12.3. The van der Waals surface area contributed by atoms with Crippen molar-refractivity contribution >= 4 is 0 Å². The van der Waals surface area contributed by atoms with Crippen molar-refractivity contribution in [2.24, 2.45) is 0 Å². The highest BCUT2D eigenvalue weighted by atomic mass is 16.5. The second-order valence-corrected chi connectivity index (χ2v) is 4.17. The molecule has 0 aliphatic carbocycles. The first kappa shape index (κ1) is 11.5. The minimum absolute atomic E-state index is 0.204. The number of hydrogen-bond donors (Lipinski definition) is 1. The average Bonchev–Trinajstić information content (AvgIpc) is 2.75. The Kier molecular flexibility index (Phi) is 3.32. The third kappa shape index (κ3) is 3.00. The number of benzene rings is 1. The van der Waals surface area contributed by atoms with Crippen LogP contribution in [-0.2, 0) is 6.61 Å². The molecule has 1 heterocycles. The van der Waals surface area contributed by atoms with Crippen molar-refractivity contribution in [3.8, 4) is 11.5 Å². The van der Waals surface area contributed by atoms with Crippen LogP contribution in [0.5, 0.6) is 11.5 Å². The molecule has 0 bridgehead atoms. The van der Waals surface area contributed by atoms with Crippen LogP contribution in [0.2, 0.25) is 0 Å². The Morgan fingerprint density at radius 1 is 1.35 bits per heavy atom. The van der Waals surface area contributed by atoms with E-state index in [-0.39, 0.29) is 5.75 Å². The summed E-state index contributed by atoms with van der Waals surface area (Å²) in [6.07, 6.45) is 1.94. The third-order valence-corrected chi connectivity index (χ3v) is 2.40. The Bertz CT molecular complexity index is 492. The number of hydrogen-bond acceptors (Lipinski definition) is 3. The number of aromatic nitrogens is 2. The van der Waals surface area contributed by atoms with Gasteiger partial charge < -0.3 is 9.84 Å². The van der Waals surface area contributed by atoms with Crippen molar-refractivity contribution in [3.63, 3.8) is 0 Å². The Morgan fingerprint density at radius 3 is 2.82 bits per heavy atom. The van der Waals surface area contributed by atoms with Gasteiger partial charge in [-0.3, -0.25) is 4.68 Å². The van der Waals surface area contributed by atoms with Crippen LogP contribution in [0.4, 0.5) is 0 Å². The van der Waals surface area contributed by atoms with Crippen LogP contribution in [0, 0.1) is 0 Å². The Hall–Kier alpha value is -1.97. The molecule has 0 fully saturated rings. The van der Waals surface area contributed by atoms with Gasteiger partial charge in [-0.05, 0) is 32.0 Å². The molecule has 0 amide bonds. The van der Waals surface area contributed by atoms with E-state index in [1.165, 1.54) is 0 Å². The second-order valence-electron chi connectivity index (χ2n) is 4.17. The molecule has 17 heavy (non-hydrogen) atoms. The summed E-state index contributed by atoms with van der Waals surface area (Å²) < 4.78 is 7.42. The van der Waals surface area contributed by atoms with Crippen molar-refractivity contribution in [1.29, 1.82) is 0 Å². The van der Waals surface area contributed by atoms with E-state index in [0.717, 1.165) is 5.69 Å². The van der Waals surface area contributed by atoms with E-state index in [4.69, 9.17) is 4.74 Å². The molecule has 0 saturated carbocycles. The predicted octanol–water partition coefficient (Wildman–Crippen LogP) is 2.75. The van der Waals surface area contributed by atoms with E-state index in [1.807, 2.05) is 16.9 Å². The van der Waals surface area contributed by atoms with E-state index in [0.29, 0.717) is 18.4 Å². The topological polar surface area (TPSA) is 47.3 Å². The number of nitrogens with zero attached hydrogens (tertiary/aromatic N) is 2. The summed E-state index contributed by atoms with van der Waals surface area (Å²) in [4.78, 5) is 0. The summed E-state index contributed by atoms with van der Waals surface area (Å²) in [7, 11) is 0. The van der Waals surface area contributed by atoms with Gasteiger partial charge in [0.15, 0.2) is 0 Å². The van der Waals surface area contributed by atoms with Gasteiger partial charge in [0.2, 0.25) is 0 Å². The van der Waals surface area contributed by atoms with Crippen molar-refractivity contribution in [1.82, 2.24) is 9.78 Å². The average molecular weight is 232 g/mol. The number of rotatable bonds is 4. The molecule has 1 N–H and O–H groups in total. The lowest BCUT2D eigenvalue weighted by molar-refractivity contribution is 0.297. The predicted molar refractivity (Wildman–Crippen MR) is 65.1 cm³/mol. The lowest BCUT2D eigenvalue weighted by Crippen LogP contribution is -2.03. The number of phenols is 1. The van der Waals surface area contributed by atoms with Gasteiger partial charge in [0.05, 0.1) is 5.69 Å². The fraction of sp³-hybridized carbons (Fsp3) is 0.308. The maximum absolute atomic E-state index is 9.29. The van der Waals surface area contributed by atoms with Crippen LogP contribution in [-0.4, -0.2) is 14.9 Å². The van der Waals surface area contributed by atoms with Crippen LogP contribution >= 0.6 is 0 Å². The van der Waals surface area contributed by atoms with Gasteiger partial charge in [0.25, 0.3) is 0 Å². The van der Waals surface area contributed by atoms with E-state index >= 15 is 0 Å². The maximum atomic E-state index is 9.29. The van der Waals surface area contributed by atoms with Crippen LogP contribution in [0.25, 0.3) is 0 Å². The lowest BCUT2D eigenvalue weighted by Gasteiger charge is -2.05. The zero-order valence-corrected chi connectivity index (χ0v) is 10.00. The van der Waals surface area contributed by atoms with Crippen molar-refractivity contribution in [2.45, 2.75) is 26.5 Å². The molecule has 4 heteroatoms. The first-order valence-corrected chi connectivity index (χ1v) is 5.61. The van der Waals surface area contributed by atoms with Gasteiger partial charge in [-0.25, -0.2) is 0 Å². The normalized spacial score (nSPS) is 10.8. The summed E-state index contributed by atoms with van der Waals surface area (Å²) in [5, 5.41) is 13.7. The SMILES string of the molecule is CC(C)n1ccc(COc2cccc(O)c2)n1. The molecule has 0 aliphatic heterocycles. The minimum Gasteiger partial charge on any atom is -0.508 e. The Morgan fingerprint density at radius 2 is 2.18 bits per heavy atom. The highest BCUT2D eigenvalue weighted by molar-refractivity contribution is 5.31. The van der Waals surface area contributed by atoms with Gasteiger partial charge >= 0.3 is 0 Å². The molecule has 4 nitrogen and oxygen atoms in total. The van der Waals surface area contributed by atoms with E-state index < -0.39 is 0 Å². The van der Waals surface area contributed by atoms with Crippen LogP contribution in [0.15, 0.2) is 36.5 Å². The molecule has 0 unspecified atom stereocenters. The largest absolute Gasteiger partial charge is 0.508 e. The molecule has 1 aromatic carbocycles. The highest BCUT2D eigenvalue weighted by Crippen LogP contribution is 2.18. The van der Waals surface area contributed by atoms with Gasteiger partial charge in [-0.2, -0.15) is 5.10 Å². The van der Waals surface area contributed by atoms with Crippen molar-refractivity contribution in [3.05, 3.63) is 42.2 Å². The highest BCUT2D eigenvalue weighted by Gasteiger charge is 2.03. The third-order valence-electron chi connectivity index (χ3n) is 2.40. The van der Waals surface area contributed by atoms with E-state index in [2.05, 4.69) is 18.9 Å². The van der Waals surface area contributed by atoms with E-state index in [9.17, 15) is 5.11 Å². The lowest BCUT2D eigenvalue weighted by atomic mass is 10.3. The molecule has 0 spiro atoms. The van der Waals surface area contributed by atoms with Crippen molar-refractivity contribution in [2.75, 3.05) is 0 Å². The molecule has 0 aliphatic rings. The van der Waals surface area contributed by atoms with Crippen LogP contribution < -0.4 is 4.74 Å². The molecule has 0 radical (unpaired) electrons. The van der Waals surface area contributed by atoms with Gasteiger partial charge in [0.1, 0.15) is 18.1 Å². The summed E-state index contributed by atoms with van der Waals surface area (Å²) in [6, 6.07) is 9.03. The number of ether oxygens (including phenoxy) is 1. The molecule has 0 atom stereocenters. The summed E-state index contributed by atoms with van der Waals surface area (Å²) in [5.74, 6) is 0.847. The zero-order valence-electron chi connectivity index (χ0n) is 10.00. The molecule has 0 saturated heterocycles. The summed E-state index contributed by atoms with van der Waals surface area (Å²) in [6.45, 7) is 4.56. The maximum Gasteiger partial charge on any atom is 0.132 e. The standard InChI is InChI=1S/C13H16N2O2/c1-10(2)15-7-6-11(14-15)9-17-13-5-3-4-12(16)8-13/h3-8,10,16H,9H2,1-2H3. The molecular formula is C13H16N2O2. The summed E-state index contributed by atoms with van der Waals surface area (Å²) >= 11 is 0. The van der Waals surface area contributed by atoms with E-state index in [1.54, 1.807) is 24.3 Å². The number of aromatic hydroxyl groups is 1. The van der Waals surface area contributed by atoms with Gasteiger partial charge in [-0.1, -0.05) is 6.07 Å². The van der Waals surface area contributed by atoms with Crippen LogP contribution in [0.3, 0.4) is 0 Å². The smallest absolute Gasteiger partial charge is 0.132 e. The van der Waals surface area contributed by atoms with Gasteiger partial charge in [-0.15, -0.1) is 0 Å².